The van der Waals surface area contributed by atoms with Crippen molar-refractivity contribution >= 4 is 29.6 Å². The van der Waals surface area contributed by atoms with Gasteiger partial charge < -0.3 is 30.1 Å². The summed E-state index contributed by atoms with van der Waals surface area (Å²) in [7, 11) is 3.69. The van der Waals surface area contributed by atoms with Crippen molar-refractivity contribution in [2.24, 2.45) is 0 Å². The van der Waals surface area contributed by atoms with Crippen molar-refractivity contribution < 1.29 is 34.3 Å². The average Bonchev–Trinajstić information content (AvgIpc) is 3.11. The van der Waals surface area contributed by atoms with Gasteiger partial charge >= 0.3 is 12.2 Å². The highest BCUT2D eigenvalue weighted by atomic mass is 16.6. The van der Waals surface area contributed by atoms with Crippen molar-refractivity contribution in [3.05, 3.63) is 45.1 Å². The van der Waals surface area contributed by atoms with E-state index in [1.54, 1.807) is 0 Å². The second-order valence-electron chi connectivity index (χ2n) is 7.46. The van der Waals surface area contributed by atoms with Gasteiger partial charge in [-0.25, -0.2) is 9.59 Å². The summed E-state index contributed by atoms with van der Waals surface area (Å²) in [6, 6.07) is 3.76. The molecule has 1 aliphatic rings. The third-order valence-corrected chi connectivity index (χ3v) is 4.96. The molecule has 3 rings (SSSR count). The molecule has 176 valence electrons. The maximum atomic E-state index is 12.8. The van der Waals surface area contributed by atoms with Crippen molar-refractivity contribution in [1.29, 1.82) is 0 Å². The Bertz CT molecular complexity index is 1110. The number of carbonyl (C=O) groups excluding carboxylic acids is 1. The highest BCUT2D eigenvalue weighted by Gasteiger charge is 2.31. The quantitative estimate of drug-likeness (QED) is 0.403. The van der Waals surface area contributed by atoms with Crippen LogP contribution in [0.3, 0.4) is 0 Å². The first-order valence-electron chi connectivity index (χ1n) is 9.77. The van der Waals surface area contributed by atoms with Gasteiger partial charge in [0, 0.05) is 25.1 Å². The number of carboxylic acid groups (broad SMARTS) is 2. The Morgan fingerprint density at radius 1 is 1.27 bits per heavy atom. The van der Waals surface area contributed by atoms with Crippen LogP contribution in [-0.2, 0) is 13.0 Å². The fraction of sp³-hybridized carbons (Fsp3) is 0.368. The molecule has 1 aromatic carbocycles. The molecule has 14 heteroatoms. The normalized spacial score (nSPS) is 12.9. The highest BCUT2D eigenvalue weighted by molar-refractivity contribution is 6.07. The number of nitrogens with zero attached hydrogens (tertiary/aromatic N) is 5. The van der Waals surface area contributed by atoms with Crippen LogP contribution >= 0.6 is 0 Å². The molecule has 2 aromatic rings. The first-order chi connectivity index (χ1) is 15.6. The van der Waals surface area contributed by atoms with E-state index in [2.05, 4.69) is 10.4 Å². The second-order valence-corrected chi connectivity index (χ2v) is 7.46. The van der Waals surface area contributed by atoms with Gasteiger partial charge in [-0.1, -0.05) is 0 Å². The molecule has 33 heavy (non-hydrogen) atoms. The summed E-state index contributed by atoms with van der Waals surface area (Å²) >= 11 is 0. The third-order valence-electron chi connectivity index (χ3n) is 4.96. The van der Waals surface area contributed by atoms with Crippen molar-refractivity contribution in [2.75, 3.05) is 39.1 Å². The molecular formula is C19H22N6O8. The number of fused-ring (bicyclic) bond motifs is 1. The number of amides is 2. The first kappa shape index (κ1) is 23.5. The van der Waals surface area contributed by atoms with Gasteiger partial charge in [-0.15, -0.1) is 5.10 Å². The van der Waals surface area contributed by atoms with Crippen LogP contribution in [0.25, 0.3) is 0 Å². The second kappa shape index (κ2) is 9.52. The summed E-state index contributed by atoms with van der Waals surface area (Å²) in [5.41, 5.74) is -0.335. The summed E-state index contributed by atoms with van der Waals surface area (Å²) in [5.74, 6) is -0.861. The van der Waals surface area contributed by atoms with Gasteiger partial charge in [0.2, 0.25) is 0 Å². The molecule has 0 fully saturated rings. The maximum Gasteiger partial charge on any atom is 0.432 e. The molecule has 1 aliphatic heterocycles. The first-order valence-corrected chi connectivity index (χ1v) is 9.77. The SMILES string of the molecule is CN(C)CCOc1ccc(C(=O)Nc2nn(C(=O)O)c3c2CN(C(=O)O)CC3)c([N+](=O)[O-])c1. The fourth-order valence-electron chi connectivity index (χ4n) is 3.31. The lowest BCUT2D eigenvalue weighted by atomic mass is 10.1. The zero-order valence-corrected chi connectivity index (χ0v) is 17.8. The van der Waals surface area contributed by atoms with Gasteiger partial charge in [-0.3, -0.25) is 14.9 Å². The van der Waals surface area contributed by atoms with Crippen LogP contribution in [0.4, 0.5) is 21.1 Å². The van der Waals surface area contributed by atoms with E-state index in [0.717, 1.165) is 11.0 Å². The molecule has 0 unspecified atom stereocenters. The van der Waals surface area contributed by atoms with Gasteiger partial charge in [0.1, 0.15) is 17.9 Å². The topological polar surface area (TPSA) is 180 Å². The Labute approximate surface area is 187 Å². The number of ether oxygens (including phenoxy) is 1. The fourth-order valence-corrected chi connectivity index (χ4v) is 3.31. The average molecular weight is 462 g/mol. The lowest BCUT2D eigenvalue weighted by Crippen LogP contribution is -2.35. The summed E-state index contributed by atoms with van der Waals surface area (Å²) < 4.78 is 6.15. The molecule has 0 aliphatic carbocycles. The summed E-state index contributed by atoms with van der Waals surface area (Å²) in [5, 5.41) is 36.4. The molecule has 2 amide bonds. The molecule has 1 aromatic heterocycles. The highest BCUT2D eigenvalue weighted by Crippen LogP contribution is 2.29. The largest absolute Gasteiger partial charge is 0.492 e. The molecule has 0 saturated heterocycles. The Morgan fingerprint density at radius 2 is 2.00 bits per heavy atom. The number of rotatable bonds is 7. The van der Waals surface area contributed by atoms with Crippen LogP contribution in [0.2, 0.25) is 0 Å². The van der Waals surface area contributed by atoms with E-state index < -0.39 is 28.7 Å². The summed E-state index contributed by atoms with van der Waals surface area (Å²) in [4.78, 5) is 49.4. The smallest absolute Gasteiger partial charge is 0.432 e. The van der Waals surface area contributed by atoms with E-state index in [1.807, 2.05) is 19.0 Å². The van der Waals surface area contributed by atoms with Crippen molar-refractivity contribution in [1.82, 2.24) is 19.6 Å². The molecule has 3 N–H and O–H groups in total. The van der Waals surface area contributed by atoms with E-state index in [9.17, 15) is 34.7 Å². The van der Waals surface area contributed by atoms with Crippen molar-refractivity contribution in [3.8, 4) is 5.75 Å². The Hall–Kier alpha value is -4.20. The van der Waals surface area contributed by atoms with Crippen molar-refractivity contribution in [2.45, 2.75) is 13.0 Å². The minimum Gasteiger partial charge on any atom is -0.492 e. The van der Waals surface area contributed by atoms with Gasteiger partial charge in [-0.2, -0.15) is 4.68 Å². The predicted molar refractivity (Wildman–Crippen MR) is 113 cm³/mol. The molecule has 0 spiro atoms. The number of nitrogens with one attached hydrogen (secondary N) is 1. The molecule has 0 atom stereocenters. The molecule has 0 radical (unpaired) electrons. The van der Waals surface area contributed by atoms with E-state index >= 15 is 0 Å². The van der Waals surface area contributed by atoms with E-state index in [4.69, 9.17) is 4.74 Å². The minimum atomic E-state index is -1.40. The summed E-state index contributed by atoms with van der Waals surface area (Å²) in [6.07, 6.45) is -2.53. The zero-order chi connectivity index (χ0) is 24.3. The maximum absolute atomic E-state index is 12.8. The Kier molecular flexibility index (Phi) is 6.77. The molecule has 0 saturated carbocycles. The van der Waals surface area contributed by atoms with E-state index in [-0.39, 0.29) is 54.5 Å². The third kappa shape index (κ3) is 5.17. The van der Waals surface area contributed by atoms with E-state index in [1.165, 1.54) is 12.1 Å². The number of nitro groups is 1. The number of likely N-dealkylation sites (N-methyl/N-ethyl adjacent to an activating group) is 1. The summed E-state index contributed by atoms with van der Waals surface area (Å²) in [6.45, 7) is 0.749. The number of aromatic nitrogens is 2. The van der Waals surface area contributed by atoms with Gasteiger partial charge in [-0.05, 0) is 26.2 Å². The van der Waals surface area contributed by atoms with Crippen LogP contribution in [-0.4, -0.2) is 86.6 Å². The minimum absolute atomic E-state index is 0.0649. The molecule has 2 heterocycles. The number of hydrogen-bond donors (Lipinski definition) is 3. The van der Waals surface area contributed by atoms with Crippen LogP contribution < -0.4 is 10.1 Å². The molecule has 0 bridgehead atoms. The zero-order valence-electron chi connectivity index (χ0n) is 17.8. The van der Waals surface area contributed by atoms with Crippen molar-refractivity contribution in [3.63, 3.8) is 0 Å². The Balaban J connectivity index is 1.89. The molecule has 14 nitrogen and oxygen atoms in total. The molecular weight excluding hydrogens is 440 g/mol. The Morgan fingerprint density at radius 3 is 2.61 bits per heavy atom. The van der Waals surface area contributed by atoms with Crippen LogP contribution in [0.1, 0.15) is 21.6 Å². The lowest BCUT2D eigenvalue weighted by Gasteiger charge is -2.24. The van der Waals surface area contributed by atoms with Gasteiger partial charge in [0.05, 0.1) is 23.2 Å². The predicted octanol–water partition coefficient (Wildman–Crippen LogP) is 1.55. The standard InChI is InChI=1S/C19H22N6O8/c1-22(2)7-8-33-11-3-4-12(15(9-11)25(31)32)17(26)20-16-13-10-23(18(27)28)6-5-14(13)24(21-16)19(29)30/h3-4,9H,5-8,10H2,1-2H3,(H,27,28)(H,29,30)(H,20,21,26). The lowest BCUT2D eigenvalue weighted by molar-refractivity contribution is -0.385. The number of hydrogen-bond acceptors (Lipinski definition) is 8. The van der Waals surface area contributed by atoms with Crippen LogP contribution in [0.5, 0.6) is 5.75 Å². The van der Waals surface area contributed by atoms with Crippen LogP contribution in [0, 0.1) is 10.1 Å². The van der Waals surface area contributed by atoms with E-state index in [0.29, 0.717) is 11.2 Å². The number of benzene rings is 1. The number of anilines is 1. The van der Waals surface area contributed by atoms with Crippen LogP contribution in [0.15, 0.2) is 18.2 Å². The van der Waals surface area contributed by atoms with Gasteiger partial charge in [0.15, 0.2) is 5.82 Å². The monoisotopic (exact) mass is 462 g/mol. The number of nitro benzene ring substituents is 1. The van der Waals surface area contributed by atoms with Gasteiger partial charge in [0.25, 0.3) is 11.6 Å². The number of carbonyl (C=O) groups is 3.